The van der Waals surface area contributed by atoms with Gasteiger partial charge in [0, 0.05) is 20.5 Å². The molecule has 1 amide bonds. The average Bonchev–Trinajstić information content (AvgIpc) is 3.23. The third kappa shape index (κ3) is 3.74. The van der Waals surface area contributed by atoms with E-state index in [0.717, 1.165) is 6.42 Å². The second-order valence-corrected chi connectivity index (χ2v) is 10.5. The van der Waals surface area contributed by atoms with Crippen molar-refractivity contribution in [3.8, 4) is 0 Å². The van der Waals surface area contributed by atoms with E-state index in [9.17, 15) is 18.0 Å². The lowest BCUT2D eigenvalue weighted by atomic mass is 10.0. The molecule has 3 rings (SSSR count). The van der Waals surface area contributed by atoms with Crippen LogP contribution in [-0.4, -0.2) is 28.7 Å². The maximum absolute atomic E-state index is 12.9. The number of nitrogens with one attached hydrogen (secondary N) is 1. The average molecular weight is 408 g/mol. The molecule has 0 radical (unpaired) electrons. The van der Waals surface area contributed by atoms with Gasteiger partial charge in [0.2, 0.25) is 5.91 Å². The summed E-state index contributed by atoms with van der Waals surface area (Å²) in [5.74, 6) is 0.398. The van der Waals surface area contributed by atoms with Crippen LogP contribution in [0.5, 0.6) is 0 Å². The maximum Gasteiger partial charge on any atom is 0.328 e. The Balaban J connectivity index is 1.99. The van der Waals surface area contributed by atoms with Crippen molar-refractivity contribution in [3.63, 3.8) is 0 Å². The lowest BCUT2D eigenvalue weighted by molar-refractivity contribution is -0.116. The molecule has 0 spiro atoms. The Morgan fingerprint density at radius 3 is 2.29 bits per heavy atom. The number of fused-ring (bicyclic) bond motifs is 1. The van der Waals surface area contributed by atoms with E-state index < -0.39 is 15.1 Å². The molecule has 7 nitrogen and oxygen atoms in total. The molecule has 1 aliphatic rings. The van der Waals surface area contributed by atoms with Crippen molar-refractivity contribution in [2.45, 2.75) is 62.5 Å². The van der Waals surface area contributed by atoms with Gasteiger partial charge in [-0.25, -0.2) is 13.2 Å². The fourth-order valence-corrected chi connectivity index (χ4v) is 5.16. The number of imidazole rings is 1. The molecule has 0 aliphatic heterocycles. The Morgan fingerprint density at radius 1 is 1.14 bits per heavy atom. The number of aryl methyl sites for hydroxylation is 2. The van der Waals surface area contributed by atoms with Gasteiger partial charge in [-0.3, -0.25) is 13.9 Å². The second kappa shape index (κ2) is 7.73. The molecule has 0 unspecified atom stereocenters. The van der Waals surface area contributed by atoms with E-state index in [2.05, 4.69) is 5.32 Å². The van der Waals surface area contributed by atoms with Crippen molar-refractivity contribution < 1.29 is 13.2 Å². The lowest BCUT2D eigenvalue weighted by Crippen LogP contribution is -2.19. The minimum absolute atomic E-state index is 0.0606. The Morgan fingerprint density at radius 2 is 1.71 bits per heavy atom. The number of sulfone groups is 1. The standard InChI is InChI=1S/C20H29N3O4S/c1-13(2)28(26,27)18-12-17-16(22(3)20(25)23(17)4)11-15(18)21-19(24)10-9-14-7-5-6-8-14/h11-14H,5-10H2,1-4H3,(H,21,24). The number of carbonyl (C=O) groups excluding carboxylic acids is 1. The Bertz CT molecular complexity index is 1060. The number of carbonyl (C=O) groups is 1. The molecule has 1 fully saturated rings. The second-order valence-electron chi connectivity index (χ2n) is 8.07. The number of hydrogen-bond acceptors (Lipinski definition) is 4. The summed E-state index contributed by atoms with van der Waals surface area (Å²) in [6, 6.07) is 3.10. The summed E-state index contributed by atoms with van der Waals surface area (Å²) >= 11 is 0. The minimum Gasteiger partial charge on any atom is -0.325 e. The Hall–Kier alpha value is -2.09. The molecule has 154 valence electrons. The van der Waals surface area contributed by atoms with Crippen molar-refractivity contribution in [1.29, 1.82) is 0 Å². The number of aromatic nitrogens is 2. The van der Waals surface area contributed by atoms with Crippen LogP contribution >= 0.6 is 0 Å². The first-order valence-electron chi connectivity index (χ1n) is 9.86. The molecular formula is C20H29N3O4S. The van der Waals surface area contributed by atoms with E-state index in [1.165, 1.54) is 40.9 Å². The molecular weight excluding hydrogens is 378 g/mol. The molecule has 1 aliphatic carbocycles. The predicted octanol–water partition coefficient (Wildman–Crippen LogP) is 2.97. The highest BCUT2D eigenvalue weighted by Crippen LogP contribution is 2.31. The van der Waals surface area contributed by atoms with Gasteiger partial charge in [0.15, 0.2) is 9.84 Å². The fourth-order valence-electron chi connectivity index (χ4n) is 3.96. The minimum atomic E-state index is -3.63. The lowest BCUT2D eigenvalue weighted by Gasteiger charge is -2.15. The van der Waals surface area contributed by atoms with E-state index in [-0.39, 0.29) is 22.2 Å². The molecule has 1 aromatic carbocycles. The van der Waals surface area contributed by atoms with Gasteiger partial charge in [-0.05, 0) is 38.3 Å². The summed E-state index contributed by atoms with van der Waals surface area (Å²) in [6.45, 7) is 3.21. The normalized spacial score (nSPS) is 15.6. The summed E-state index contributed by atoms with van der Waals surface area (Å²) in [5, 5.41) is 2.16. The summed E-state index contributed by atoms with van der Waals surface area (Å²) < 4.78 is 28.7. The van der Waals surface area contributed by atoms with E-state index in [1.807, 2.05) is 0 Å². The highest BCUT2D eigenvalue weighted by atomic mass is 32.2. The number of benzene rings is 1. The van der Waals surface area contributed by atoms with E-state index in [4.69, 9.17) is 0 Å². The zero-order valence-electron chi connectivity index (χ0n) is 17.0. The summed E-state index contributed by atoms with van der Waals surface area (Å²) in [4.78, 5) is 24.8. The van der Waals surface area contributed by atoms with Crippen LogP contribution in [0.15, 0.2) is 21.8 Å². The van der Waals surface area contributed by atoms with Gasteiger partial charge in [0.05, 0.1) is 26.9 Å². The molecule has 1 heterocycles. The highest BCUT2D eigenvalue weighted by Gasteiger charge is 2.26. The van der Waals surface area contributed by atoms with Gasteiger partial charge in [-0.1, -0.05) is 25.7 Å². The van der Waals surface area contributed by atoms with Crippen LogP contribution in [0, 0.1) is 5.92 Å². The van der Waals surface area contributed by atoms with Gasteiger partial charge in [0.1, 0.15) is 0 Å². The van der Waals surface area contributed by atoms with Gasteiger partial charge < -0.3 is 5.32 Å². The first-order valence-corrected chi connectivity index (χ1v) is 11.4. The van der Waals surface area contributed by atoms with Gasteiger partial charge >= 0.3 is 5.69 Å². The molecule has 0 atom stereocenters. The van der Waals surface area contributed by atoms with Crippen LogP contribution in [0.1, 0.15) is 52.4 Å². The number of hydrogen-bond donors (Lipinski definition) is 1. The van der Waals surface area contributed by atoms with Crippen molar-refractivity contribution >= 4 is 32.5 Å². The molecule has 1 aromatic heterocycles. The van der Waals surface area contributed by atoms with Crippen LogP contribution in [0.2, 0.25) is 0 Å². The molecule has 0 bridgehead atoms. The molecule has 1 N–H and O–H groups in total. The van der Waals surface area contributed by atoms with Crippen molar-refractivity contribution in [1.82, 2.24) is 9.13 Å². The first kappa shape index (κ1) is 20.6. The zero-order chi connectivity index (χ0) is 20.6. The third-order valence-corrected chi connectivity index (χ3v) is 8.02. The number of rotatable bonds is 6. The van der Waals surface area contributed by atoms with Gasteiger partial charge in [0.25, 0.3) is 0 Å². The molecule has 2 aromatic rings. The molecule has 8 heteroatoms. The van der Waals surface area contributed by atoms with Crippen LogP contribution in [0.4, 0.5) is 5.69 Å². The van der Waals surface area contributed by atoms with Crippen LogP contribution < -0.4 is 11.0 Å². The number of anilines is 1. The Kier molecular flexibility index (Phi) is 5.70. The molecule has 0 saturated heterocycles. The monoisotopic (exact) mass is 407 g/mol. The van der Waals surface area contributed by atoms with Crippen molar-refractivity contribution in [2.75, 3.05) is 5.32 Å². The topological polar surface area (TPSA) is 90.2 Å². The molecule has 1 saturated carbocycles. The van der Waals surface area contributed by atoms with Crippen LogP contribution in [-0.2, 0) is 28.7 Å². The third-order valence-electron chi connectivity index (χ3n) is 5.83. The van der Waals surface area contributed by atoms with Gasteiger partial charge in [-0.15, -0.1) is 0 Å². The van der Waals surface area contributed by atoms with E-state index in [0.29, 0.717) is 23.4 Å². The SMILES string of the molecule is CC(C)S(=O)(=O)c1cc2c(cc1NC(=O)CCC1CCCC1)n(C)c(=O)n2C. The quantitative estimate of drug-likeness (QED) is 0.797. The highest BCUT2D eigenvalue weighted by molar-refractivity contribution is 7.92. The van der Waals surface area contributed by atoms with Gasteiger partial charge in [-0.2, -0.15) is 0 Å². The van der Waals surface area contributed by atoms with Crippen molar-refractivity contribution in [2.24, 2.45) is 20.0 Å². The summed E-state index contributed by atoms with van der Waals surface area (Å²) in [7, 11) is -0.396. The maximum atomic E-state index is 12.9. The largest absolute Gasteiger partial charge is 0.328 e. The number of amides is 1. The Labute approximate surface area is 165 Å². The summed E-state index contributed by atoms with van der Waals surface area (Å²) in [5.41, 5.74) is 1.11. The van der Waals surface area contributed by atoms with E-state index in [1.54, 1.807) is 34.0 Å². The van der Waals surface area contributed by atoms with Crippen molar-refractivity contribution in [3.05, 3.63) is 22.6 Å². The van der Waals surface area contributed by atoms with E-state index >= 15 is 0 Å². The summed E-state index contributed by atoms with van der Waals surface area (Å²) in [6.07, 6.45) is 5.97. The van der Waals surface area contributed by atoms with Crippen LogP contribution in [0.25, 0.3) is 11.0 Å². The number of nitrogens with zero attached hydrogens (tertiary/aromatic N) is 2. The predicted molar refractivity (Wildman–Crippen MR) is 110 cm³/mol. The first-order chi connectivity index (χ1) is 13.1. The van der Waals surface area contributed by atoms with Crippen LogP contribution in [0.3, 0.4) is 0 Å². The smallest absolute Gasteiger partial charge is 0.325 e. The zero-order valence-corrected chi connectivity index (χ0v) is 17.8. The fraction of sp³-hybridized carbons (Fsp3) is 0.600. The molecule has 28 heavy (non-hydrogen) atoms.